The lowest BCUT2D eigenvalue weighted by Gasteiger charge is -2.04. The summed E-state index contributed by atoms with van der Waals surface area (Å²) < 4.78 is 18.8. The number of benzene rings is 1. The molecule has 26 heavy (non-hydrogen) atoms. The molecule has 0 aliphatic heterocycles. The number of thiophene rings is 2. The average Bonchev–Trinajstić information content (AvgIpc) is 3.15. The Morgan fingerprint density at radius 3 is 2.73 bits per heavy atom. The molecule has 0 spiro atoms. The number of aryl methyl sites for hydroxylation is 1. The number of esters is 1. The van der Waals surface area contributed by atoms with E-state index >= 15 is 0 Å². The molecule has 0 saturated carbocycles. The Hall–Kier alpha value is -1.96. The number of carbonyl (C=O) groups is 2. The van der Waals surface area contributed by atoms with E-state index in [2.05, 4.69) is 5.32 Å². The minimum Gasteiger partial charge on any atom is -0.465 e. The summed E-state index contributed by atoms with van der Waals surface area (Å²) in [6.45, 7) is 2.03. The average molecular weight is 412 g/mol. The van der Waals surface area contributed by atoms with Crippen molar-refractivity contribution >= 4 is 61.2 Å². The predicted molar refractivity (Wildman–Crippen MR) is 104 cm³/mol. The number of amides is 1. The van der Waals surface area contributed by atoms with E-state index in [1.807, 2.05) is 6.92 Å². The molecule has 3 aromatic rings. The first-order valence-electron chi connectivity index (χ1n) is 7.84. The van der Waals surface area contributed by atoms with E-state index in [4.69, 9.17) is 16.3 Å². The van der Waals surface area contributed by atoms with Crippen LogP contribution in [0.4, 0.5) is 9.39 Å². The van der Waals surface area contributed by atoms with Crippen molar-refractivity contribution in [3.05, 3.63) is 50.4 Å². The molecule has 0 unspecified atom stereocenters. The van der Waals surface area contributed by atoms with Gasteiger partial charge in [0.15, 0.2) is 0 Å². The number of nitrogens with one attached hydrogen (secondary N) is 1. The van der Waals surface area contributed by atoms with E-state index in [0.717, 1.165) is 29.1 Å². The van der Waals surface area contributed by atoms with Crippen LogP contribution in [0.25, 0.3) is 10.1 Å². The molecule has 8 heteroatoms. The molecule has 4 nitrogen and oxygen atoms in total. The van der Waals surface area contributed by atoms with Crippen LogP contribution in [-0.2, 0) is 11.2 Å². The van der Waals surface area contributed by atoms with Crippen LogP contribution in [0, 0.1) is 5.82 Å². The lowest BCUT2D eigenvalue weighted by atomic mass is 10.2. The van der Waals surface area contributed by atoms with Crippen LogP contribution in [0.1, 0.15) is 38.3 Å². The van der Waals surface area contributed by atoms with Gasteiger partial charge in [0.05, 0.1) is 17.7 Å². The molecule has 2 aromatic heterocycles. The highest BCUT2D eigenvalue weighted by atomic mass is 35.5. The third kappa shape index (κ3) is 3.60. The normalized spacial score (nSPS) is 10.9. The predicted octanol–water partition coefficient (Wildman–Crippen LogP) is 5.75. The minimum atomic E-state index is -0.511. The Kier molecular flexibility index (Phi) is 5.60. The van der Waals surface area contributed by atoms with Crippen molar-refractivity contribution in [2.75, 3.05) is 12.4 Å². The van der Waals surface area contributed by atoms with Crippen LogP contribution in [0.5, 0.6) is 0 Å². The van der Waals surface area contributed by atoms with E-state index in [9.17, 15) is 14.0 Å². The van der Waals surface area contributed by atoms with Gasteiger partial charge in [-0.15, -0.1) is 22.7 Å². The number of rotatable bonds is 5. The van der Waals surface area contributed by atoms with Gasteiger partial charge in [0.25, 0.3) is 5.91 Å². The third-order valence-corrected chi connectivity index (χ3v) is 6.48. The first-order valence-corrected chi connectivity index (χ1v) is 9.85. The van der Waals surface area contributed by atoms with Gasteiger partial charge in [-0.2, -0.15) is 0 Å². The molecule has 1 aromatic carbocycles. The molecule has 0 aliphatic rings. The number of fused-ring (bicyclic) bond motifs is 1. The molecular formula is C18H15ClFNO3S2. The molecule has 1 N–H and O–H groups in total. The molecule has 136 valence electrons. The Morgan fingerprint density at radius 1 is 1.27 bits per heavy atom. The van der Waals surface area contributed by atoms with Crippen molar-refractivity contribution in [2.45, 2.75) is 19.8 Å². The molecule has 0 aliphatic carbocycles. The fraction of sp³-hybridized carbons (Fsp3) is 0.222. The van der Waals surface area contributed by atoms with Gasteiger partial charge in [-0.05, 0) is 30.7 Å². The fourth-order valence-electron chi connectivity index (χ4n) is 2.51. The number of methoxy groups -OCH3 is 1. The Labute approximate surface area is 162 Å². The first kappa shape index (κ1) is 18.8. The summed E-state index contributed by atoms with van der Waals surface area (Å²) in [6.07, 6.45) is 1.72. The van der Waals surface area contributed by atoms with E-state index in [1.54, 1.807) is 12.1 Å². The summed E-state index contributed by atoms with van der Waals surface area (Å²) in [6, 6.07) is 5.92. The largest absolute Gasteiger partial charge is 0.465 e. The zero-order chi connectivity index (χ0) is 18.8. The van der Waals surface area contributed by atoms with Gasteiger partial charge < -0.3 is 10.1 Å². The molecule has 3 rings (SSSR count). The smallest absolute Gasteiger partial charge is 0.340 e. The van der Waals surface area contributed by atoms with Gasteiger partial charge in [-0.1, -0.05) is 24.9 Å². The summed E-state index contributed by atoms with van der Waals surface area (Å²) in [5.41, 5.74) is 0.317. The number of halogens is 2. The fourth-order valence-corrected chi connectivity index (χ4v) is 5.09. The summed E-state index contributed by atoms with van der Waals surface area (Å²) in [5.74, 6) is -1.34. The summed E-state index contributed by atoms with van der Waals surface area (Å²) >= 11 is 8.74. The summed E-state index contributed by atoms with van der Waals surface area (Å²) in [4.78, 5) is 25.9. The number of hydrogen-bond acceptors (Lipinski definition) is 5. The molecule has 0 bridgehead atoms. The maximum absolute atomic E-state index is 13.4. The van der Waals surface area contributed by atoms with Crippen molar-refractivity contribution in [3.8, 4) is 0 Å². The standard InChI is InChI=1S/C18H15ClFNO3S2/c1-3-4-10-8-12(18(23)24-2)17(25-10)21-16(22)15-14(19)11-6-5-9(20)7-13(11)26-15/h5-8H,3-4H2,1-2H3,(H,21,22). The Morgan fingerprint density at radius 2 is 2.04 bits per heavy atom. The SMILES string of the molecule is CCCc1cc(C(=O)OC)c(NC(=O)c2sc3cc(F)ccc3c2Cl)s1. The number of carbonyl (C=O) groups excluding carboxylic acids is 2. The minimum absolute atomic E-state index is 0.271. The van der Waals surface area contributed by atoms with Gasteiger partial charge in [-0.3, -0.25) is 4.79 Å². The molecule has 2 heterocycles. The topological polar surface area (TPSA) is 55.4 Å². The van der Waals surface area contributed by atoms with E-state index in [0.29, 0.717) is 20.7 Å². The van der Waals surface area contributed by atoms with E-state index in [1.165, 1.54) is 30.6 Å². The first-order chi connectivity index (χ1) is 12.4. The van der Waals surface area contributed by atoms with Crippen LogP contribution in [0.15, 0.2) is 24.3 Å². The van der Waals surface area contributed by atoms with Crippen LogP contribution in [0.2, 0.25) is 5.02 Å². The maximum atomic E-state index is 13.4. The van der Waals surface area contributed by atoms with Crippen LogP contribution < -0.4 is 5.32 Å². The highest BCUT2D eigenvalue weighted by Crippen LogP contribution is 2.37. The van der Waals surface area contributed by atoms with Crippen LogP contribution >= 0.6 is 34.3 Å². The third-order valence-electron chi connectivity index (χ3n) is 3.71. The quantitative estimate of drug-likeness (QED) is 0.544. The molecular weight excluding hydrogens is 397 g/mol. The van der Waals surface area contributed by atoms with Gasteiger partial charge in [-0.25, -0.2) is 9.18 Å². The second-order valence-corrected chi connectivity index (χ2v) is 8.10. The summed E-state index contributed by atoms with van der Waals surface area (Å²) in [5, 5.41) is 4.06. The van der Waals surface area contributed by atoms with E-state index < -0.39 is 17.7 Å². The Bertz CT molecular complexity index is 996. The molecule has 0 fully saturated rings. The Balaban J connectivity index is 1.95. The van der Waals surface area contributed by atoms with Crippen molar-refractivity contribution in [3.63, 3.8) is 0 Å². The summed E-state index contributed by atoms with van der Waals surface area (Å²) in [7, 11) is 1.29. The van der Waals surface area contributed by atoms with Crippen LogP contribution in [-0.4, -0.2) is 19.0 Å². The van der Waals surface area contributed by atoms with Gasteiger partial charge >= 0.3 is 5.97 Å². The van der Waals surface area contributed by atoms with Crippen molar-refractivity contribution in [1.82, 2.24) is 0 Å². The van der Waals surface area contributed by atoms with E-state index in [-0.39, 0.29) is 9.90 Å². The van der Waals surface area contributed by atoms with Gasteiger partial charge in [0.1, 0.15) is 15.7 Å². The lowest BCUT2D eigenvalue weighted by Crippen LogP contribution is -2.12. The second kappa shape index (κ2) is 7.73. The van der Waals surface area contributed by atoms with Gasteiger partial charge in [0, 0.05) is 15.0 Å². The zero-order valence-electron chi connectivity index (χ0n) is 14.0. The molecule has 1 amide bonds. The molecule has 0 saturated heterocycles. The highest BCUT2D eigenvalue weighted by Gasteiger charge is 2.22. The van der Waals surface area contributed by atoms with Crippen molar-refractivity contribution in [1.29, 1.82) is 0 Å². The van der Waals surface area contributed by atoms with Crippen LogP contribution in [0.3, 0.4) is 0 Å². The second-order valence-electron chi connectivity index (χ2n) is 5.54. The number of hydrogen-bond donors (Lipinski definition) is 1. The molecule has 0 radical (unpaired) electrons. The number of anilines is 1. The lowest BCUT2D eigenvalue weighted by molar-refractivity contribution is 0.0602. The van der Waals surface area contributed by atoms with Crippen molar-refractivity contribution < 1.29 is 18.7 Å². The van der Waals surface area contributed by atoms with Gasteiger partial charge in [0.2, 0.25) is 0 Å². The van der Waals surface area contributed by atoms with Crippen molar-refractivity contribution in [2.24, 2.45) is 0 Å². The molecule has 0 atom stereocenters. The monoisotopic (exact) mass is 411 g/mol. The maximum Gasteiger partial charge on any atom is 0.340 e. The number of ether oxygens (including phenoxy) is 1. The highest BCUT2D eigenvalue weighted by molar-refractivity contribution is 7.22. The zero-order valence-corrected chi connectivity index (χ0v) is 16.4.